The number of fused-ring (bicyclic) bond motifs is 1. The van der Waals surface area contributed by atoms with Crippen LogP contribution in [0.25, 0.3) is 0 Å². The summed E-state index contributed by atoms with van der Waals surface area (Å²) in [6, 6.07) is 0. The van der Waals surface area contributed by atoms with E-state index in [9.17, 15) is 0 Å². The van der Waals surface area contributed by atoms with Gasteiger partial charge in [-0.1, -0.05) is 50.0 Å². The molecule has 0 amide bonds. The predicted molar refractivity (Wildman–Crippen MR) is 105 cm³/mol. The van der Waals surface area contributed by atoms with Gasteiger partial charge in [-0.15, -0.1) is 0 Å². The van der Waals surface area contributed by atoms with Gasteiger partial charge < -0.3 is 4.74 Å². The number of hydrogen-bond acceptors (Lipinski definition) is 1. The van der Waals surface area contributed by atoms with Crippen LogP contribution in [0.2, 0.25) is 0 Å². The Morgan fingerprint density at radius 3 is 2.29 bits per heavy atom. The third-order valence-electron chi connectivity index (χ3n) is 6.03. The summed E-state index contributed by atoms with van der Waals surface area (Å²) in [5, 5.41) is 0. The quantitative estimate of drug-likeness (QED) is 0.482. The molecule has 1 heterocycles. The first kappa shape index (κ1) is 16.6. The molecular weight excluding hydrogens is 312 g/mol. The summed E-state index contributed by atoms with van der Waals surface area (Å²) in [6.07, 6.45) is 25.2. The average molecular weight is 344 g/mol. The predicted octanol–water partition coefficient (Wildman–Crippen LogP) is 5.53. The highest BCUT2D eigenvalue weighted by molar-refractivity contribution is 8.00. The van der Waals surface area contributed by atoms with E-state index in [4.69, 9.17) is 4.74 Å². The molecule has 3 aliphatic carbocycles. The van der Waals surface area contributed by atoms with Crippen LogP contribution in [0.4, 0.5) is 0 Å². The van der Waals surface area contributed by atoms with Gasteiger partial charge in [-0.25, -0.2) is 0 Å². The van der Waals surface area contributed by atoms with E-state index in [0.29, 0.717) is 22.7 Å². The molecule has 0 spiro atoms. The van der Waals surface area contributed by atoms with Gasteiger partial charge in [-0.05, 0) is 43.8 Å². The van der Waals surface area contributed by atoms with E-state index in [2.05, 4.69) is 36.5 Å². The number of allylic oxidation sites excluding steroid dienone is 7. The number of ether oxygens (including phenoxy) is 1. The fourth-order valence-electron chi connectivity index (χ4n) is 4.61. The molecule has 4 rings (SSSR count). The minimum atomic E-state index is 0.453. The van der Waals surface area contributed by atoms with Gasteiger partial charge in [0.1, 0.15) is 22.2 Å². The van der Waals surface area contributed by atoms with E-state index in [-0.39, 0.29) is 0 Å². The molecule has 0 aromatic heterocycles. The van der Waals surface area contributed by atoms with Crippen molar-refractivity contribution in [1.29, 1.82) is 0 Å². The van der Waals surface area contributed by atoms with Gasteiger partial charge >= 0.3 is 0 Å². The van der Waals surface area contributed by atoms with Crippen LogP contribution in [0.15, 0.2) is 47.1 Å². The summed E-state index contributed by atoms with van der Waals surface area (Å²) in [5.74, 6) is 5.84. The molecule has 2 unspecified atom stereocenters. The minimum Gasteiger partial charge on any atom is -0.497 e. The van der Waals surface area contributed by atoms with Crippen molar-refractivity contribution in [2.75, 3.05) is 18.1 Å². The molecule has 1 saturated carbocycles. The molecule has 0 bridgehead atoms. The molecule has 2 heteroatoms. The molecule has 1 nitrogen and oxygen atoms in total. The lowest BCUT2D eigenvalue weighted by molar-refractivity contribution is 0.133. The monoisotopic (exact) mass is 343 g/mol. The van der Waals surface area contributed by atoms with Crippen LogP contribution in [0.5, 0.6) is 0 Å². The summed E-state index contributed by atoms with van der Waals surface area (Å²) >= 11 is 0. The third kappa shape index (κ3) is 3.69. The van der Waals surface area contributed by atoms with Crippen LogP contribution in [0, 0.1) is 17.8 Å². The van der Waals surface area contributed by atoms with Crippen molar-refractivity contribution >= 4 is 10.9 Å². The molecule has 2 atom stereocenters. The molecule has 1 saturated heterocycles. The lowest BCUT2D eigenvalue weighted by atomic mass is 9.83. The van der Waals surface area contributed by atoms with Crippen LogP contribution in [0.1, 0.15) is 51.4 Å². The Kier molecular flexibility index (Phi) is 5.52. The van der Waals surface area contributed by atoms with Crippen LogP contribution in [-0.4, -0.2) is 18.1 Å². The van der Waals surface area contributed by atoms with Crippen LogP contribution >= 0.6 is 0 Å². The maximum Gasteiger partial charge on any atom is 0.139 e. The van der Waals surface area contributed by atoms with E-state index >= 15 is 0 Å². The molecule has 0 aromatic carbocycles. The summed E-state index contributed by atoms with van der Waals surface area (Å²) in [6.45, 7) is 0.932. The molecular formula is C22H31OS+. The zero-order chi connectivity index (χ0) is 16.2. The highest BCUT2D eigenvalue weighted by Gasteiger charge is 2.40. The van der Waals surface area contributed by atoms with Gasteiger partial charge in [0, 0.05) is 16.8 Å². The Labute approximate surface area is 150 Å². The Morgan fingerprint density at radius 1 is 0.833 bits per heavy atom. The summed E-state index contributed by atoms with van der Waals surface area (Å²) < 4.78 is 6.39. The van der Waals surface area contributed by atoms with Gasteiger partial charge in [0.15, 0.2) is 0 Å². The SMILES string of the molecule is C1=CC2C(OCC3CCCCCC3)=CC=C([S+]3CCCC3)C2C=C1. The Balaban J connectivity index is 1.45. The van der Waals surface area contributed by atoms with Crippen molar-refractivity contribution in [1.82, 2.24) is 0 Å². The van der Waals surface area contributed by atoms with Crippen LogP contribution in [-0.2, 0) is 15.6 Å². The minimum absolute atomic E-state index is 0.453. The lowest BCUT2D eigenvalue weighted by Gasteiger charge is -2.30. The van der Waals surface area contributed by atoms with E-state index in [1.165, 1.54) is 68.6 Å². The summed E-state index contributed by atoms with van der Waals surface area (Å²) in [5.41, 5.74) is 0. The first-order valence-corrected chi connectivity index (χ1v) is 11.6. The van der Waals surface area contributed by atoms with Crippen molar-refractivity contribution in [3.63, 3.8) is 0 Å². The van der Waals surface area contributed by atoms with Gasteiger partial charge in [0.25, 0.3) is 0 Å². The zero-order valence-corrected chi connectivity index (χ0v) is 15.6. The number of rotatable bonds is 4. The van der Waals surface area contributed by atoms with E-state index < -0.39 is 0 Å². The molecule has 0 aromatic rings. The fraction of sp³-hybridized carbons (Fsp3) is 0.636. The molecule has 2 fully saturated rings. The first-order chi connectivity index (χ1) is 11.9. The van der Waals surface area contributed by atoms with Crippen molar-refractivity contribution < 1.29 is 4.74 Å². The highest BCUT2D eigenvalue weighted by Crippen LogP contribution is 2.41. The average Bonchev–Trinajstić information content (AvgIpc) is 3.03. The summed E-state index contributed by atoms with van der Waals surface area (Å²) in [4.78, 5) is 1.69. The Hall–Kier alpha value is -0.890. The third-order valence-corrected chi connectivity index (χ3v) is 8.67. The van der Waals surface area contributed by atoms with Gasteiger partial charge in [0.2, 0.25) is 0 Å². The van der Waals surface area contributed by atoms with Gasteiger partial charge in [-0.2, -0.15) is 0 Å². The van der Waals surface area contributed by atoms with Crippen LogP contribution in [0.3, 0.4) is 0 Å². The highest BCUT2D eigenvalue weighted by atomic mass is 32.2. The zero-order valence-electron chi connectivity index (χ0n) is 14.8. The lowest BCUT2D eigenvalue weighted by Crippen LogP contribution is -2.27. The van der Waals surface area contributed by atoms with Gasteiger partial charge in [-0.3, -0.25) is 0 Å². The maximum atomic E-state index is 6.39. The largest absolute Gasteiger partial charge is 0.497 e. The molecule has 1 aliphatic heterocycles. The van der Waals surface area contributed by atoms with Crippen molar-refractivity contribution in [2.45, 2.75) is 51.4 Å². The van der Waals surface area contributed by atoms with Crippen molar-refractivity contribution in [3.8, 4) is 0 Å². The van der Waals surface area contributed by atoms with E-state index in [1.54, 1.807) is 4.91 Å². The number of hydrogen-bond donors (Lipinski definition) is 0. The Morgan fingerprint density at radius 2 is 1.54 bits per heavy atom. The molecule has 4 aliphatic rings. The second kappa shape index (κ2) is 7.99. The second-order valence-electron chi connectivity index (χ2n) is 7.74. The topological polar surface area (TPSA) is 9.23 Å². The van der Waals surface area contributed by atoms with Crippen molar-refractivity contribution in [3.05, 3.63) is 47.1 Å². The molecule has 0 radical (unpaired) electrons. The van der Waals surface area contributed by atoms with Gasteiger partial charge in [0.05, 0.1) is 12.5 Å². The maximum absolute atomic E-state index is 6.39. The normalized spacial score (nSPS) is 31.3. The Bertz CT molecular complexity index is 542. The molecule has 130 valence electrons. The molecule has 0 N–H and O–H groups in total. The van der Waals surface area contributed by atoms with Crippen molar-refractivity contribution in [2.24, 2.45) is 17.8 Å². The molecule has 24 heavy (non-hydrogen) atoms. The fourth-order valence-corrected chi connectivity index (χ4v) is 7.26. The standard InChI is InChI=1S/C22H31OS/c1-2-4-10-18(9-3-1)17-23-21-13-14-22(24-15-7-8-16-24)20-12-6-5-11-19(20)21/h5-6,11-14,18-20H,1-4,7-10,15-17H2/q+1. The van der Waals surface area contributed by atoms with E-state index in [0.717, 1.165) is 12.5 Å². The smallest absolute Gasteiger partial charge is 0.139 e. The summed E-state index contributed by atoms with van der Waals surface area (Å²) in [7, 11) is 0.518. The van der Waals surface area contributed by atoms with E-state index in [1.807, 2.05) is 0 Å². The first-order valence-electron chi connectivity index (χ1n) is 9.99. The van der Waals surface area contributed by atoms with Crippen LogP contribution < -0.4 is 0 Å². The second-order valence-corrected chi connectivity index (χ2v) is 10.0.